The van der Waals surface area contributed by atoms with Crippen molar-refractivity contribution in [2.24, 2.45) is 7.05 Å². The van der Waals surface area contributed by atoms with Crippen LogP contribution in [0.1, 0.15) is 40.6 Å². The van der Waals surface area contributed by atoms with E-state index in [9.17, 15) is 4.79 Å². The van der Waals surface area contributed by atoms with E-state index in [1.165, 1.54) is 12.4 Å². The Kier molecular flexibility index (Phi) is 3.63. The zero-order valence-electron chi connectivity index (χ0n) is 12.0. The number of amides is 1. The molecular formula is C14H16ClN5O. The Hall–Kier alpha value is -1.95. The quantitative estimate of drug-likeness (QED) is 0.853. The largest absolute Gasteiger partial charge is 0.330 e. The second kappa shape index (κ2) is 5.44. The summed E-state index contributed by atoms with van der Waals surface area (Å²) in [5, 5.41) is 4.93. The molecule has 1 aliphatic rings. The van der Waals surface area contributed by atoms with Gasteiger partial charge in [-0.05, 0) is 19.8 Å². The van der Waals surface area contributed by atoms with E-state index in [0.717, 1.165) is 24.1 Å². The SMILES string of the molecule is Cc1nn(C)c(Cl)c1[C@H]1CCCN1C(=O)c1cnccn1. The number of aryl methyl sites for hydroxylation is 2. The van der Waals surface area contributed by atoms with E-state index in [1.54, 1.807) is 10.9 Å². The molecule has 1 saturated heterocycles. The van der Waals surface area contributed by atoms with Crippen LogP contribution in [-0.4, -0.2) is 37.1 Å². The van der Waals surface area contributed by atoms with Gasteiger partial charge < -0.3 is 4.90 Å². The monoisotopic (exact) mass is 305 g/mol. The molecule has 6 nitrogen and oxygen atoms in total. The zero-order valence-corrected chi connectivity index (χ0v) is 12.7. The van der Waals surface area contributed by atoms with Crippen LogP contribution >= 0.6 is 11.6 Å². The van der Waals surface area contributed by atoms with Crippen molar-refractivity contribution in [3.8, 4) is 0 Å². The lowest BCUT2D eigenvalue weighted by Crippen LogP contribution is -2.31. The summed E-state index contributed by atoms with van der Waals surface area (Å²) in [4.78, 5) is 22.5. The molecule has 0 aliphatic carbocycles. The summed E-state index contributed by atoms with van der Waals surface area (Å²) in [7, 11) is 1.81. The van der Waals surface area contributed by atoms with E-state index in [1.807, 2.05) is 18.9 Å². The van der Waals surface area contributed by atoms with Gasteiger partial charge in [-0.3, -0.25) is 14.5 Å². The number of likely N-dealkylation sites (tertiary alicyclic amines) is 1. The van der Waals surface area contributed by atoms with Crippen molar-refractivity contribution in [1.82, 2.24) is 24.6 Å². The summed E-state index contributed by atoms with van der Waals surface area (Å²) in [5.41, 5.74) is 2.17. The van der Waals surface area contributed by atoms with Crippen molar-refractivity contribution >= 4 is 17.5 Å². The Labute approximate surface area is 127 Å². The van der Waals surface area contributed by atoms with Gasteiger partial charge in [0.25, 0.3) is 5.91 Å². The summed E-state index contributed by atoms with van der Waals surface area (Å²) in [6, 6.07) is -0.0410. The maximum absolute atomic E-state index is 12.6. The molecule has 0 aromatic carbocycles. The van der Waals surface area contributed by atoms with Gasteiger partial charge in [-0.15, -0.1) is 0 Å². The third-order valence-electron chi connectivity index (χ3n) is 3.83. The summed E-state index contributed by atoms with van der Waals surface area (Å²) in [6.45, 7) is 2.62. The standard InChI is InChI=1S/C14H16ClN5O/c1-9-12(13(15)19(2)18-9)11-4-3-7-20(11)14(21)10-8-16-5-6-17-10/h5-6,8,11H,3-4,7H2,1-2H3/t11-/m1/s1. The fraction of sp³-hybridized carbons (Fsp3) is 0.429. The van der Waals surface area contributed by atoms with E-state index in [4.69, 9.17) is 11.6 Å². The van der Waals surface area contributed by atoms with Gasteiger partial charge in [0, 0.05) is 31.5 Å². The van der Waals surface area contributed by atoms with Gasteiger partial charge in [0.05, 0.1) is 17.9 Å². The average Bonchev–Trinajstić information content (AvgIpc) is 3.05. The topological polar surface area (TPSA) is 63.9 Å². The Morgan fingerprint density at radius 1 is 1.43 bits per heavy atom. The molecule has 1 fully saturated rings. The van der Waals surface area contributed by atoms with Crippen LogP contribution in [0.3, 0.4) is 0 Å². The highest BCUT2D eigenvalue weighted by Gasteiger charge is 2.34. The van der Waals surface area contributed by atoms with Gasteiger partial charge in [-0.2, -0.15) is 5.10 Å². The van der Waals surface area contributed by atoms with Crippen LogP contribution in [0.4, 0.5) is 0 Å². The van der Waals surface area contributed by atoms with Gasteiger partial charge in [0.1, 0.15) is 10.8 Å². The summed E-state index contributed by atoms with van der Waals surface area (Å²) < 4.78 is 1.65. The maximum atomic E-state index is 12.6. The number of halogens is 1. The third-order valence-corrected chi connectivity index (χ3v) is 4.27. The number of carbonyl (C=O) groups is 1. The van der Waals surface area contributed by atoms with Crippen LogP contribution in [0.15, 0.2) is 18.6 Å². The molecule has 0 spiro atoms. The van der Waals surface area contributed by atoms with Crippen molar-refractivity contribution in [3.05, 3.63) is 40.7 Å². The minimum atomic E-state index is -0.107. The second-order valence-corrected chi connectivity index (χ2v) is 5.52. The molecule has 110 valence electrons. The van der Waals surface area contributed by atoms with Gasteiger partial charge >= 0.3 is 0 Å². The molecule has 1 aliphatic heterocycles. The lowest BCUT2D eigenvalue weighted by Gasteiger charge is -2.24. The summed E-state index contributed by atoms with van der Waals surface area (Å²) in [5.74, 6) is -0.107. The highest BCUT2D eigenvalue weighted by atomic mass is 35.5. The van der Waals surface area contributed by atoms with Crippen LogP contribution in [0.5, 0.6) is 0 Å². The van der Waals surface area contributed by atoms with Gasteiger partial charge in [-0.1, -0.05) is 11.6 Å². The van der Waals surface area contributed by atoms with Crippen LogP contribution < -0.4 is 0 Å². The van der Waals surface area contributed by atoms with Gasteiger partial charge in [-0.25, -0.2) is 4.98 Å². The van der Waals surface area contributed by atoms with Crippen LogP contribution in [0, 0.1) is 6.92 Å². The predicted molar refractivity (Wildman–Crippen MR) is 78.0 cm³/mol. The zero-order chi connectivity index (χ0) is 15.0. The highest BCUT2D eigenvalue weighted by Crippen LogP contribution is 2.38. The number of aromatic nitrogens is 4. The second-order valence-electron chi connectivity index (χ2n) is 5.16. The summed E-state index contributed by atoms with van der Waals surface area (Å²) >= 11 is 6.34. The van der Waals surface area contributed by atoms with Crippen molar-refractivity contribution in [2.75, 3.05) is 6.54 Å². The lowest BCUT2D eigenvalue weighted by atomic mass is 10.1. The number of hydrogen-bond acceptors (Lipinski definition) is 4. The van der Waals surface area contributed by atoms with E-state index < -0.39 is 0 Å². The first kappa shape index (κ1) is 14.0. The fourth-order valence-electron chi connectivity index (χ4n) is 2.89. The molecule has 3 rings (SSSR count). The van der Waals surface area contributed by atoms with E-state index in [0.29, 0.717) is 17.4 Å². The van der Waals surface area contributed by atoms with E-state index in [2.05, 4.69) is 15.1 Å². The normalized spacial score (nSPS) is 18.2. The summed E-state index contributed by atoms with van der Waals surface area (Å²) in [6.07, 6.45) is 6.41. The molecule has 7 heteroatoms. The van der Waals surface area contributed by atoms with Gasteiger partial charge in [0.2, 0.25) is 0 Å². The molecule has 1 amide bonds. The number of carbonyl (C=O) groups excluding carboxylic acids is 1. The van der Waals surface area contributed by atoms with Crippen molar-refractivity contribution in [3.63, 3.8) is 0 Å². The molecular weight excluding hydrogens is 290 g/mol. The van der Waals surface area contributed by atoms with Crippen LogP contribution in [0.25, 0.3) is 0 Å². The van der Waals surface area contributed by atoms with Gasteiger partial charge in [0.15, 0.2) is 0 Å². The molecule has 0 bridgehead atoms. The fourth-order valence-corrected chi connectivity index (χ4v) is 3.19. The Morgan fingerprint density at radius 2 is 2.24 bits per heavy atom. The molecule has 0 saturated carbocycles. The smallest absolute Gasteiger partial charge is 0.274 e. The first-order chi connectivity index (χ1) is 10.1. The number of hydrogen-bond donors (Lipinski definition) is 0. The molecule has 1 atom stereocenters. The minimum Gasteiger partial charge on any atom is -0.330 e. The molecule has 3 heterocycles. The van der Waals surface area contributed by atoms with Crippen LogP contribution in [-0.2, 0) is 7.05 Å². The predicted octanol–water partition coefficient (Wildman–Crippen LogP) is 2.15. The molecule has 0 radical (unpaired) electrons. The van der Waals surface area contributed by atoms with Crippen LogP contribution in [0.2, 0.25) is 5.15 Å². The first-order valence-corrected chi connectivity index (χ1v) is 7.23. The Bertz CT molecular complexity index is 670. The Morgan fingerprint density at radius 3 is 2.86 bits per heavy atom. The van der Waals surface area contributed by atoms with Crippen molar-refractivity contribution in [1.29, 1.82) is 0 Å². The van der Waals surface area contributed by atoms with E-state index >= 15 is 0 Å². The van der Waals surface area contributed by atoms with E-state index in [-0.39, 0.29) is 11.9 Å². The highest BCUT2D eigenvalue weighted by molar-refractivity contribution is 6.30. The van der Waals surface area contributed by atoms with Crippen molar-refractivity contribution in [2.45, 2.75) is 25.8 Å². The number of nitrogens with zero attached hydrogens (tertiary/aromatic N) is 5. The minimum absolute atomic E-state index is 0.0410. The lowest BCUT2D eigenvalue weighted by molar-refractivity contribution is 0.0729. The van der Waals surface area contributed by atoms with Crippen molar-refractivity contribution < 1.29 is 4.79 Å². The molecule has 2 aromatic rings. The molecule has 21 heavy (non-hydrogen) atoms. The maximum Gasteiger partial charge on any atom is 0.274 e. The first-order valence-electron chi connectivity index (χ1n) is 6.85. The average molecular weight is 306 g/mol. The third kappa shape index (κ3) is 2.40. The number of rotatable bonds is 2. The molecule has 2 aromatic heterocycles. The molecule has 0 N–H and O–H groups in total. The Balaban J connectivity index is 1.94. The molecule has 0 unspecified atom stereocenters.